The average molecular weight is 305 g/mol. The Bertz CT molecular complexity index is 666. The fourth-order valence-corrected chi connectivity index (χ4v) is 1.98. The highest BCUT2D eigenvalue weighted by Gasteiger charge is 2.15. The zero-order valence-corrected chi connectivity index (χ0v) is 12.0. The van der Waals surface area contributed by atoms with Crippen molar-refractivity contribution in [2.24, 2.45) is 0 Å². The molecule has 0 N–H and O–H groups in total. The van der Waals surface area contributed by atoms with Gasteiger partial charge in [0.15, 0.2) is 23.0 Å². The summed E-state index contributed by atoms with van der Waals surface area (Å²) in [7, 11) is 0. The van der Waals surface area contributed by atoms with Crippen molar-refractivity contribution in [3.05, 3.63) is 41.3 Å². The number of fused-ring (bicyclic) bond motifs is 1. The normalized spacial score (nSPS) is 12.4. The van der Waals surface area contributed by atoms with E-state index in [1.54, 1.807) is 6.92 Å². The number of aromatic nitrogens is 1. The van der Waals surface area contributed by atoms with Crippen LogP contribution in [0.25, 0.3) is 0 Å². The summed E-state index contributed by atoms with van der Waals surface area (Å²) in [4.78, 5) is 11.5. The lowest BCUT2D eigenvalue weighted by atomic mass is 10.2. The summed E-state index contributed by atoms with van der Waals surface area (Å²) in [6, 6.07) is 7.12. The molecule has 2 heterocycles. The fourth-order valence-electron chi connectivity index (χ4n) is 1.98. The molecular weight excluding hydrogens is 290 g/mol. The third-order valence-corrected chi connectivity index (χ3v) is 2.99. The lowest BCUT2D eigenvalue weighted by molar-refractivity contribution is 0.0513. The monoisotopic (exact) mass is 305 g/mol. The fraction of sp³-hybridized carbons (Fsp3) is 0.333. The molecule has 2 aromatic rings. The van der Waals surface area contributed by atoms with Gasteiger partial charge in [-0.15, -0.1) is 0 Å². The van der Waals surface area contributed by atoms with Gasteiger partial charge in [0.25, 0.3) is 0 Å². The first-order chi connectivity index (χ1) is 10.8. The number of benzene rings is 1. The van der Waals surface area contributed by atoms with Crippen molar-refractivity contribution in [1.29, 1.82) is 0 Å². The standard InChI is InChI=1S/C15H15NO6/c1-2-19-15(17)12-6-11(22-16-12)8-18-7-10-3-4-13-14(5-10)21-9-20-13/h3-6H,2,7-9H2,1H3. The number of ether oxygens (including phenoxy) is 4. The summed E-state index contributed by atoms with van der Waals surface area (Å²) < 4.78 is 25.9. The van der Waals surface area contributed by atoms with Gasteiger partial charge in [0.05, 0.1) is 13.2 Å². The molecule has 0 amide bonds. The molecule has 22 heavy (non-hydrogen) atoms. The van der Waals surface area contributed by atoms with Crippen molar-refractivity contribution in [3.8, 4) is 11.5 Å². The Morgan fingerprint density at radius 1 is 1.23 bits per heavy atom. The highest BCUT2D eigenvalue weighted by atomic mass is 16.7. The highest BCUT2D eigenvalue weighted by Crippen LogP contribution is 2.32. The molecule has 0 saturated heterocycles. The Hall–Kier alpha value is -2.54. The van der Waals surface area contributed by atoms with Gasteiger partial charge in [-0.2, -0.15) is 0 Å². The first-order valence-electron chi connectivity index (χ1n) is 6.85. The molecule has 0 spiro atoms. The molecule has 1 aliphatic rings. The van der Waals surface area contributed by atoms with Crippen molar-refractivity contribution < 1.29 is 28.3 Å². The summed E-state index contributed by atoms with van der Waals surface area (Å²) in [5, 5.41) is 3.64. The first kappa shape index (κ1) is 14.4. The van der Waals surface area contributed by atoms with Crippen molar-refractivity contribution >= 4 is 5.97 Å². The summed E-state index contributed by atoms with van der Waals surface area (Å²) in [5.74, 6) is 1.40. The molecule has 7 nitrogen and oxygen atoms in total. The molecule has 1 aliphatic heterocycles. The van der Waals surface area contributed by atoms with Crippen LogP contribution in [-0.2, 0) is 22.7 Å². The molecule has 0 atom stereocenters. The van der Waals surface area contributed by atoms with Gasteiger partial charge < -0.3 is 23.5 Å². The molecule has 0 bridgehead atoms. The van der Waals surface area contributed by atoms with Crippen LogP contribution >= 0.6 is 0 Å². The Kier molecular flexibility index (Phi) is 4.24. The maximum atomic E-state index is 11.5. The number of hydrogen-bond acceptors (Lipinski definition) is 7. The SMILES string of the molecule is CCOC(=O)c1cc(COCc2ccc3c(c2)OCO3)on1. The molecule has 116 valence electrons. The van der Waals surface area contributed by atoms with Crippen LogP contribution in [0.5, 0.6) is 11.5 Å². The van der Waals surface area contributed by atoms with E-state index in [4.69, 9.17) is 23.5 Å². The predicted molar refractivity (Wildman–Crippen MR) is 73.5 cm³/mol. The predicted octanol–water partition coefficient (Wildman–Crippen LogP) is 2.30. The number of hydrogen-bond donors (Lipinski definition) is 0. The van der Waals surface area contributed by atoms with E-state index >= 15 is 0 Å². The molecule has 1 aromatic carbocycles. The first-order valence-corrected chi connectivity index (χ1v) is 6.85. The largest absolute Gasteiger partial charge is 0.461 e. The van der Waals surface area contributed by atoms with Gasteiger partial charge in [0.1, 0.15) is 6.61 Å². The smallest absolute Gasteiger partial charge is 0.360 e. The topological polar surface area (TPSA) is 80.0 Å². The number of esters is 1. The Labute approximate surface area is 126 Å². The minimum Gasteiger partial charge on any atom is -0.461 e. The van der Waals surface area contributed by atoms with Crippen LogP contribution in [0.1, 0.15) is 28.7 Å². The second-order valence-corrected chi connectivity index (χ2v) is 4.58. The minimum atomic E-state index is -0.506. The second-order valence-electron chi connectivity index (χ2n) is 4.58. The number of carbonyl (C=O) groups excluding carboxylic acids is 1. The zero-order chi connectivity index (χ0) is 15.4. The van der Waals surface area contributed by atoms with Crippen molar-refractivity contribution in [1.82, 2.24) is 5.16 Å². The van der Waals surface area contributed by atoms with Crippen molar-refractivity contribution in [3.63, 3.8) is 0 Å². The molecule has 7 heteroatoms. The van der Waals surface area contributed by atoms with Crippen molar-refractivity contribution in [2.75, 3.05) is 13.4 Å². The maximum absolute atomic E-state index is 11.5. The van der Waals surface area contributed by atoms with Gasteiger partial charge >= 0.3 is 5.97 Å². The van der Waals surface area contributed by atoms with Gasteiger partial charge in [-0.1, -0.05) is 11.2 Å². The van der Waals surface area contributed by atoms with E-state index < -0.39 is 5.97 Å². The Balaban J connectivity index is 1.52. The summed E-state index contributed by atoms with van der Waals surface area (Å²) in [6.07, 6.45) is 0. The van der Waals surface area contributed by atoms with Gasteiger partial charge in [-0.25, -0.2) is 4.79 Å². The molecule has 0 unspecified atom stereocenters. The van der Waals surface area contributed by atoms with Crippen LogP contribution in [0.3, 0.4) is 0 Å². The third kappa shape index (κ3) is 3.20. The summed E-state index contributed by atoms with van der Waals surface area (Å²) in [5.41, 5.74) is 1.10. The molecule has 0 aliphatic carbocycles. The van der Waals surface area contributed by atoms with E-state index in [9.17, 15) is 4.79 Å². The Morgan fingerprint density at radius 2 is 2.09 bits per heavy atom. The molecule has 0 fully saturated rings. The van der Waals surface area contributed by atoms with Crippen LogP contribution in [0.15, 0.2) is 28.8 Å². The van der Waals surface area contributed by atoms with Gasteiger partial charge in [0, 0.05) is 6.07 Å². The van der Waals surface area contributed by atoms with Crippen LogP contribution in [-0.4, -0.2) is 24.5 Å². The van der Waals surface area contributed by atoms with Crippen LogP contribution < -0.4 is 9.47 Å². The third-order valence-electron chi connectivity index (χ3n) is 2.99. The van der Waals surface area contributed by atoms with Gasteiger partial charge in [-0.3, -0.25) is 0 Å². The molecule has 0 radical (unpaired) electrons. The average Bonchev–Trinajstić information content (AvgIpc) is 3.15. The lowest BCUT2D eigenvalue weighted by Crippen LogP contribution is -2.04. The maximum Gasteiger partial charge on any atom is 0.360 e. The van der Waals surface area contributed by atoms with Crippen LogP contribution in [0, 0.1) is 0 Å². The quantitative estimate of drug-likeness (QED) is 0.757. The number of rotatable bonds is 6. The van der Waals surface area contributed by atoms with E-state index in [2.05, 4.69) is 5.16 Å². The number of nitrogens with zero attached hydrogens (tertiary/aromatic N) is 1. The highest BCUT2D eigenvalue weighted by molar-refractivity contribution is 5.87. The Morgan fingerprint density at radius 3 is 2.95 bits per heavy atom. The molecule has 1 aromatic heterocycles. The molecule has 3 rings (SSSR count). The van der Waals surface area contributed by atoms with E-state index in [1.807, 2.05) is 18.2 Å². The van der Waals surface area contributed by atoms with Crippen LogP contribution in [0.2, 0.25) is 0 Å². The molecule has 0 saturated carbocycles. The minimum absolute atomic E-state index is 0.142. The number of carbonyl (C=O) groups is 1. The van der Waals surface area contributed by atoms with Crippen molar-refractivity contribution in [2.45, 2.75) is 20.1 Å². The zero-order valence-electron chi connectivity index (χ0n) is 12.0. The van der Waals surface area contributed by atoms with E-state index in [1.165, 1.54) is 6.07 Å². The molecular formula is C15H15NO6. The summed E-state index contributed by atoms with van der Waals surface area (Å²) >= 11 is 0. The summed E-state index contributed by atoms with van der Waals surface area (Å²) in [6.45, 7) is 2.86. The van der Waals surface area contributed by atoms with E-state index in [0.717, 1.165) is 11.3 Å². The van der Waals surface area contributed by atoms with Gasteiger partial charge in [0.2, 0.25) is 6.79 Å². The van der Waals surface area contributed by atoms with Gasteiger partial charge in [-0.05, 0) is 24.6 Å². The van der Waals surface area contributed by atoms with Crippen LogP contribution in [0.4, 0.5) is 0 Å². The van der Waals surface area contributed by atoms with E-state index in [0.29, 0.717) is 24.7 Å². The van der Waals surface area contributed by atoms with E-state index in [-0.39, 0.29) is 19.1 Å². The lowest BCUT2D eigenvalue weighted by Gasteiger charge is -2.03. The second kappa shape index (κ2) is 6.48.